The summed E-state index contributed by atoms with van der Waals surface area (Å²) in [6, 6.07) is 8.36. The van der Waals surface area contributed by atoms with E-state index >= 15 is 0 Å². The lowest BCUT2D eigenvalue weighted by Gasteiger charge is -2.42. The van der Waals surface area contributed by atoms with E-state index in [0.29, 0.717) is 11.3 Å². The van der Waals surface area contributed by atoms with Crippen LogP contribution in [0.5, 0.6) is 0 Å². The Morgan fingerprint density at radius 1 is 1.11 bits per heavy atom. The first-order valence-corrected chi connectivity index (χ1v) is 8.57. The fourth-order valence-electron chi connectivity index (χ4n) is 3.68. The van der Waals surface area contributed by atoms with E-state index in [2.05, 4.69) is 0 Å². The van der Waals surface area contributed by atoms with Crippen molar-refractivity contribution in [2.75, 3.05) is 0 Å². The highest BCUT2D eigenvalue weighted by atomic mass is 35.5. The molecule has 0 bridgehead atoms. The molecule has 2 N–H and O–H groups in total. The van der Waals surface area contributed by atoms with Crippen LogP contribution in [0.25, 0.3) is 11.8 Å². The summed E-state index contributed by atoms with van der Waals surface area (Å²) in [5, 5.41) is 19.6. The van der Waals surface area contributed by atoms with Gasteiger partial charge in [0, 0.05) is 17.7 Å². The standard InChI is InChI=1S/C20H17ClFNO4/c1-20(2,3)23(19(26)27)15-8-7-11(18(24)25)9-12(15)10-16(23)17-13(21)5-4-6-14(17)22/h4-10H,1-3H3,(H-,24,25,26,27)/p+1. The minimum absolute atomic E-state index is 0.00966. The number of halogens is 2. The molecule has 0 fully saturated rings. The summed E-state index contributed by atoms with van der Waals surface area (Å²) in [7, 11) is 0. The van der Waals surface area contributed by atoms with Crippen LogP contribution in [-0.2, 0) is 0 Å². The van der Waals surface area contributed by atoms with Crippen LogP contribution in [0.15, 0.2) is 36.4 Å². The Labute approximate surface area is 160 Å². The summed E-state index contributed by atoms with van der Waals surface area (Å²) in [4.78, 5) is 23.9. The Hall–Kier alpha value is -2.70. The monoisotopic (exact) mass is 390 g/mol. The van der Waals surface area contributed by atoms with Crippen molar-refractivity contribution in [3.8, 4) is 0 Å². The maximum Gasteiger partial charge on any atom is 0.524 e. The topological polar surface area (TPSA) is 74.6 Å². The Morgan fingerprint density at radius 3 is 2.30 bits per heavy atom. The van der Waals surface area contributed by atoms with Gasteiger partial charge in [-0.15, -0.1) is 0 Å². The van der Waals surface area contributed by atoms with E-state index in [1.165, 1.54) is 42.5 Å². The predicted octanol–water partition coefficient (Wildman–Crippen LogP) is 5.47. The number of rotatable bonds is 2. The number of nitrogens with zero attached hydrogens (tertiary/aromatic N) is 1. The molecule has 1 atom stereocenters. The average molecular weight is 391 g/mol. The molecule has 2 aromatic rings. The van der Waals surface area contributed by atoms with Crippen LogP contribution in [0.1, 0.15) is 42.3 Å². The number of hydrogen-bond acceptors (Lipinski definition) is 2. The van der Waals surface area contributed by atoms with Crippen molar-refractivity contribution in [3.63, 3.8) is 0 Å². The van der Waals surface area contributed by atoms with E-state index in [9.17, 15) is 24.2 Å². The van der Waals surface area contributed by atoms with E-state index in [4.69, 9.17) is 11.6 Å². The van der Waals surface area contributed by atoms with Gasteiger partial charge >= 0.3 is 12.1 Å². The number of amides is 1. The molecule has 0 aliphatic carbocycles. The lowest BCUT2D eigenvalue weighted by Crippen LogP contribution is -2.62. The van der Waals surface area contributed by atoms with Crippen molar-refractivity contribution in [2.24, 2.45) is 0 Å². The van der Waals surface area contributed by atoms with E-state index in [-0.39, 0.29) is 21.8 Å². The van der Waals surface area contributed by atoms with E-state index in [0.717, 1.165) is 0 Å². The largest absolute Gasteiger partial charge is 0.524 e. The first kappa shape index (κ1) is 19.1. The van der Waals surface area contributed by atoms with Gasteiger partial charge in [0.05, 0.1) is 16.1 Å². The minimum Gasteiger partial charge on any atom is -0.478 e. The quantitative estimate of drug-likeness (QED) is 0.666. The normalized spacial score (nSPS) is 18.8. The Bertz CT molecular complexity index is 989. The summed E-state index contributed by atoms with van der Waals surface area (Å²) >= 11 is 6.24. The van der Waals surface area contributed by atoms with Gasteiger partial charge in [-0.05, 0) is 45.0 Å². The van der Waals surface area contributed by atoms with Crippen molar-refractivity contribution in [1.29, 1.82) is 0 Å². The number of carboxylic acids is 1. The van der Waals surface area contributed by atoms with Crippen molar-refractivity contribution in [3.05, 3.63) is 63.9 Å². The lowest BCUT2D eigenvalue weighted by atomic mass is 9.97. The van der Waals surface area contributed by atoms with E-state index < -0.39 is 27.9 Å². The number of quaternary nitrogens is 1. The average Bonchev–Trinajstić information content (AvgIpc) is 2.89. The molecular weight excluding hydrogens is 373 g/mol. The number of hydrogen-bond donors (Lipinski definition) is 2. The first-order valence-electron chi connectivity index (χ1n) is 8.19. The smallest absolute Gasteiger partial charge is 0.478 e. The van der Waals surface area contributed by atoms with Gasteiger partial charge in [-0.25, -0.2) is 9.18 Å². The zero-order valence-electron chi connectivity index (χ0n) is 15.0. The maximum atomic E-state index is 14.7. The number of aromatic carboxylic acids is 1. The second-order valence-electron chi connectivity index (χ2n) is 7.33. The number of carboxylic acid groups (broad SMARTS) is 2. The fraction of sp³-hybridized carbons (Fsp3) is 0.200. The molecule has 0 radical (unpaired) electrons. The first-order chi connectivity index (χ1) is 12.5. The van der Waals surface area contributed by atoms with Crippen LogP contribution in [-0.4, -0.2) is 27.8 Å². The van der Waals surface area contributed by atoms with Crippen molar-refractivity contribution < 1.29 is 24.2 Å². The molecule has 5 nitrogen and oxygen atoms in total. The molecule has 1 aliphatic rings. The third kappa shape index (κ3) is 2.64. The third-order valence-electron chi connectivity index (χ3n) is 4.80. The van der Waals surface area contributed by atoms with Crippen molar-refractivity contribution in [1.82, 2.24) is 4.48 Å². The van der Waals surface area contributed by atoms with Gasteiger partial charge in [0.15, 0.2) is 11.4 Å². The second kappa shape index (κ2) is 6.18. The van der Waals surface area contributed by atoms with Crippen LogP contribution < -0.4 is 4.48 Å². The van der Waals surface area contributed by atoms with Crippen LogP contribution in [0.3, 0.4) is 0 Å². The van der Waals surface area contributed by atoms with Crippen LogP contribution in [0.2, 0.25) is 5.02 Å². The van der Waals surface area contributed by atoms with Gasteiger partial charge in [0.2, 0.25) is 0 Å². The zero-order chi connectivity index (χ0) is 20.1. The summed E-state index contributed by atoms with van der Waals surface area (Å²) in [5.41, 5.74) is -0.00133. The third-order valence-corrected chi connectivity index (χ3v) is 5.12. The number of fused-ring (bicyclic) bond motifs is 1. The van der Waals surface area contributed by atoms with Gasteiger partial charge < -0.3 is 10.2 Å². The molecule has 1 amide bonds. The second-order valence-corrected chi connectivity index (χ2v) is 7.74. The molecule has 3 rings (SSSR count). The molecule has 0 saturated carbocycles. The summed E-state index contributed by atoms with van der Waals surface area (Å²) in [6.45, 7) is 5.18. The molecule has 27 heavy (non-hydrogen) atoms. The van der Waals surface area contributed by atoms with E-state index in [1.807, 2.05) is 0 Å². The lowest BCUT2D eigenvalue weighted by molar-refractivity contribution is 0.0697. The molecule has 1 unspecified atom stereocenters. The van der Waals surface area contributed by atoms with Crippen molar-refractivity contribution in [2.45, 2.75) is 26.3 Å². The molecule has 1 heterocycles. The molecule has 0 saturated heterocycles. The molecule has 0 aromatic heterocycles. The summed E-state index contributed by atoms with van der Waals surface area (Å²) in [5.74, 6) is -1.78. The van der Waals surface area contributed by atoms with Crippen LogP contribution in [0, 0.1) is 5.82 Å². The fourth-order valence-corrected chi connectivity index (χ4v) is 3.94. The van der Waals surface area contributed by atoms with Crippen molar-refractivity contribution >= 4 is 41.1 Å². The zero-order valence-corrected chi connectivity index (χ0v) is 15.7. The Morgan fingerprint density at radius 2 is 1.78 bits per heavy atom. The van der Waals surface area contributed by atoms with Crippen LogP contribution >= 0.6 is 11.6 Å². The maximum absolute atomic E-state index is 14.7. The molecule has 7 heteroatoms. The van der Waals surface area contributed by atoms with Gasteiger partial charge in [0.25, 0.3) is 0 Å². The van der Waals surface area contributed by atoms with Gasteiger partial charge in [0.1, 0.15) is 11.4 Å². The number of carbonyl (C=O) groups is 2. The number of benzene rings is 2. The highest BCUT2D eigenvalue weighted by Gasteiger charge is 2.58. The summed E-state index contributed by atoms with van der Waals surface area (Å²) < 4.78 is 14.0. The predicted molar refractivity (Wildman–Crippen MR) is 102 cm³/mol. The molecule has 140 valence electrons. The van der Waals surface area contributed by atoms with Crippen LogP contribution in [0.4, 0.5) is 14.9 Å². The Balaban J connectivity index is 2.44. The highest BCUT2D eigenvalue weighted by molar-refractivity contribution is 6.33. The molecule has 0 spiro atoms. The van der Waals surface area contributed by atoms with E-state index in [1.54, 1.807) is 20.8 Å². The Kier molecular flexibility index (Phi) is 4.37. The summed E-state index contributed by atoms with van der Waals surface area (Å²) in [6.07, 6.45) is 0.292. The molecular formula is C20H18ClFNO4+. The SMILES string of the molecule is CC(C)(C)[N+]1(C(=O)O)C(c2c(F)cccc2Cl)=Cc2cc(C(=O)O)ccc21. The highest BCUT2D eigenvalue weighted by Crippen LogP contribution is 2.52. The van der Waals surface area contributed by atoms with Gasteiger partial charge in [-0.1, -0.05) is 17.7 Å². The van der Waals surface area contributed by atoms with Gasteiger partial charge in [-0.2, -0.15) is 9.28 Å². The van der Waals surface area contributed by atoms with Gasteiger partial charge in [-0.3, -0.25) is 0 Å². The minimum atomic E-state index is -1.21. The molecule has 1 aliphatic heterocycles. The molecule has 2 aromatic carbocycles.